The molecule has 22 heavy (non-hydrogen) atoms. The molecule has 1 aromatic carbocycles. The van der Waals surface area contributed by atoms with E-state index in [4.69, 9.17) is 10.5 Å². The van der Waals surface area contributed by atoms with Crippen molar-refractivity contribution < 1.29 is 9.53 Å². The van der Waals surface area contributed by atoms with Gasteiger partial charge in [-0.3, -0.25) is 9.48 Å². The van der Waals surface area contributed by atoms with E-state index in [0.717, 1.165) is 5.56 Å². The van der Waals surface area contributed by atoms with E-state index in [1.807, 2.05) is 28.9 Å². The van der Waals surface area contributed by atoms with E-state index in [2.05, 4.69) is 5.10 Å². The highest BCUT2D eigenvalue weighted by atomic mass is 16.5. The molecule has 1 fully saturated rings. The number of carbonyl (C=O) groups excluding carboxylic acids is 1. The summed E-state index contributed by atoms with van der Waals surface area (Å²) in [4.78, 5) is 14.4. The largest absolute Gasteiger partial charge is 0.399 e. The quantitative estimate of drug-likeness (QED) is 0.868. The number of hydrogen-bond acceptors (Lipinski definition) is 4. The zero-order valence-corrected chi connectivity index (χ0v) is 12.6. The van der Waals surface area contributed by atoms with Crippen molar-refractivity contribution in [3.05, 3.63) is 47.8 Å². The molecule has 0 spiro atoms. The van der Waals surface area contributed by atoms with Crippen molar-refractivity contribution in [1.29, 1.82) is 0 Å². The van der Waals surface area contributed by atoms with E-state index < -0.39 is 0 Å². The van der Waals surface area contributed by atoms with E-state index in [1.165, 1.54) is 0 Å². The monoisotopic (exact) mass is 300 g/mol. The molecule has 0 bridgehead atoms. The minimum Gasteiger partial charge on any atom is -0.399 e. The van der Waals surface area contributed by atoms with Gasteiger partial charge in [0.2, 0.25) is 0 Å². The number of aryl methyl sites for hydroxylation is 1. The molecule has 1 aliphatic rings. The number of rotatable bonds is 3. The first-order chi connectivity index (χ1) is 10.6. The van der Waals surface area contributed by atoms with Crippen molar-refractivity contribution in [3.63, 3.8) is 0 Å². The molecule has 1 unspecified atom stereocenters. The van der Waals surface area contributed by atoms with Gasteiger partial charge in [-0.25, -0.2) is 0 Å². The van der Waals surface area contributed by atoms with Gasteiger partial charge in [0.05, 0.1) is 25.5 Å². The van der Waals surface area contributed by atoms with Gasteiger partial charge in [0.25, 0.3) is 5.91 Å². The SMILES string of the molecule is Cc1cnn(CC2CN(C(=O)c3cccc(N)c3)CCO2)c1. The lowest BCUT2D eigenvalue weighted by molar-refractivity contribution is -0.0299. The average molecular weight is 300 g/mol. The maximum atomic E-state index is 12.5. The molecule has 1 aromatic heterocycles. The average Bonchev–Trinajstić information content (AvgIpc) is 2.92. The summed E-state index contributed by atoms with van der Waals surface area (Å²) in [6.07, 6.45) is 3.75. The summed E-state index contributed by atoms with van der Waals surface area (Å²) in [7, 11) is 0. The Balaban J connectivity index is 1.66. The second kappa shape index (κ2) is 6.19. The molecule has 2 aromatic rings. The van der Waals surface area contributed by atoms with Gasteiger partial charge < -0.3 is 15.4 Å². The number of carbonyl (C=O) groups is 1. The zero-order valence-electron chi connectivity index (χ0n) is 12.6. The van der Waals surface area contributed by atoms with E-state index in [1.54, 1.807) is 24.3 Å². The number of benzene rings is 1. The van der Waals surface area contributed by atoms with Gasteiger partial charge in [-0.2, -0.15) is 5.10 Å². The van der Waals surface area contributed by atoms with Crippen LogP contribution in [0.25, 0.3) is 0 Å². The normalized spacial score (nSPS) is 18.4. The maximum Gasteiger partial charge on any atom is 0.254 e. The standard InChI is InChI=1S/C16H20N4O2/c1-12-8-18-20(9-12)11-15-10-19(5-6-22-15)16(21)13-3-2-4-14(17)7-13/h2-4,7-9,15H,5-6,10-11,17H2,1H3. The molecule has 0 aliphatic carbocycles. The van der Waals surface area contributed by atoms with Crippen LogP contribution in [0.3, 0.4) is 0 Å². The molecule has 1 atom stereocenters. The number of ether oxygens (including phenoxy) is 1. The van der Waals surface area contributed by atoms with E-state index in [0.29, 0.717) is 37.5 Å². The van der Waals surface area contributed by atoms with Crippen molar-refractivity contribution in [2.75, 3.05) is 25.4 Å². The summed E-state index contributed by atoms with van der Waals surface area (Å²) in [6, 6.07) is 7.08. The van der Waals surface area contributed by atoms with Crippen LogP contribution >= 0.6 is 0 Å². The number of nitrogen functional groups attached to an aromatic ring is 1. The third-order valence-electron chi connectivity index (χ3n) is 3.71. The molecule has 1 saturated heterocycles. The number of hydrogen-bond donors (Lipinski definition) is 1. The Morgan fingerprint density at radius 1 is 1.50 bits per heavy atom. The van der Waals surface area contributed by atoms with Gasteiger partial charge >= 0.3 is 0 Å². The van der Waals surface area contributed by atoms with E-state index >= 15 is 0 Å². The number of anilines is 1. The highest BCUT2D eigenvalue weighted by Crippen LogP contribution is 2.14. The molecule has 1 aliphatic heterocycles. The fourth-order valence-corrected chi connectivity index (χ4v) is 2.64. The van der Waals surface area contributed by atoms with Crippen LogP contribution < -0.4 is 5.73 Å². The Morgan fingerprint density at radius 3 is 3.09 bits per heavy atom. The van der Waals surface area contributed by atoms with Crippen LogP contribution in [0.4, 0.5) is 5.69 Å². The Morgan fingerprint density at radius 2 is 2.36 bits per heavy atom. The minimum absolute atomic E-state index is 0.00255. The van der Waals surface area contributed by atoms with Gasteiger partial charge in [0.1, 0.15) is 0 Å². The van der Waals surface area contributed by atoms with Gasteiger partial charge in [0.15, 0.2) is 0 Å². The zero-order chi connectivity index (χ0) is 15.5. The Hall–Kier alpha value is -2.34. The second-order valence-electron chi connectivity index (χ2n) is 5.61. The summed E-state index contributed by atoms with van der Waals surface area (Å²) in [6.45, 7) is 4.35. The Labute approximate surface area is 129 Å². The molecule has 6 heteroatoms. The number of amides is 1. The van der Waals surface area contributed by atoms with Crippen LogP contribution in [0.5, 0.6) is 0 Å². The molecule has 2 N–H and O–H groups in total. The van der Waals surface area contributed by atoms with Crippen molar-refractivity contribution >= 4 is 11.6 Å². The predicted octanol–water partition coefficient (Wildman–Crippen LogP) is 1.31. The fourth-order valence-electron chi connectivity index (χ4n) is 2.64. The van der Waals surface area contributed by atoms with E-state index in [9.17, 15) is 4.79 Å². The van der Waals surface area contributed by atoms with Crippen LogP contribution in [0.1, 0.15) is 15.9 Å². The lowest BCUT2D eigenvalue weighted by atomic mass is 10.1. The third-order valence-corrected chi connectivity index (χ3v) is 3.71. The molecule has 2 heterocycles. The van der Waals surface area contributed by atoms with Crippen molar-refractivity contribution in [3.8, 4) is 0 Å². The molecule has 3 rings (SSSR count). The predicted molar refractivity (Wildman–Crippen MR) is 83.5 cm³/mol. The molecular weight excluding hydrogens is 280 g/mol. The second-order valence-corrected chi connectivity index (χ2v) is 5.61. The van der Waals surface area contributed by atoms with E-state index in [-0.39, 0.29) is 12.0 Å². The van der Waals surface area contributed by atoms with Gasteiger partial charge in [-0.15, -0.1) is 0 Å². The smallest absolute Gasteiger partial charge is 0.254 e. The molecule has 0 saturated carbocycles. The summed E-state index contributed by atoms with van der Waals surface area (Å²) >= 11 is 0. The fraction of sp³-hybridized carbons (Fsp3) is 0.375. The molecular formula is C16H20N4O2. The van der Waals surface area contributed by atoms with Gasteiger partial charge in [-0.05, 0) is 30.7 Å². The first-order valence-corrected chi connectivity index (χ1v) is 7.37. The maximum absolute atomic E-state index is 12.5. The van der Waals surface area contributed by atoms with Crippen molar-refractivity contribution in [1.82, 2.24) is 14.7 Å². The number of nitrogens with two attached hydrogens (primary N) is 1. The highest BCUT2D eigenvalue weighted by Gasteiger charge is 2.25. The molecule has 116 valence electrons. The lowest BCUT2D eigenvalue weighted by Gasteiger charge is -2.33. The number of morpholine rings is 1. The van der Waals surface area contributed by atoms with Crippen LogP contribution in [-0.2, 0) is 11.3 Å². The summed E-state index contributed by atoms with van der Waals surface area (Å²) in [5, 5.41) is 4.27. The van der Waals surface area contributed by atoms with Gasteiger partial charge in [-0.1, -0.05) is 6.07 Å². The summed E-state index contributed by atoms with van der Waals surface area (Å²) < 4.78 is 7.61. The molecule has 6 nitrogen and oxygen atoms in total. The Kier molecular flexibility index (Phi) is 4.11. The molecule has 0 radical (unpaired) electrons. The topological polar surface area (TPSA) is 73.4 Å². The van der Waals surface area contributed by atoms with Crippen LogP contribution in [0.2, 0.25) is 0 Å². The summed E-state index contributed by atoms with van der Waals surface area (Å²) in [5.74, 6) is -0.00255. The van der Waals surface area contributed by atoms with Gasteiger partial charge in [0, 0.05) is 30.5 Å². The molecule has 1 amide bonds. The Bertz CT molecular complexity index is 668. The number of nitrogens with zero attached hydrogens (tertiary/aromatic N) is 3. The summed E-state index contributed by atoms with van der Waals surface area (Å²) in [5.41, 5.74) is 8.09. The van der Waals surface area contributed by atoms with Crippen molar-refractivity contribution in [2.24, 2.45) is 0 Å². The first kappa shape index (κ1) is 14.6. The number of aromatic nitrogens is 2. The first-order valence-electron chi connectivity index (χ1n) is 7.37. The highest BCUT2D eigenvalue weighted by molar-refractivity contribution is 5.95. The van der Waals surface area contributed by atoms with Crippen molar-refractivity contribution in [2.45, 2.75) is 19.6 Å². The minimum atomic E-state index is -0.0435. The van der Waals surface area contributed by atoms with Crippen LogP contribution in [0.15, 0.2) is 36.7 Å². The van der Waals surface area contributed by atoms with Crippen LogP contribution in [-0.4, -0.2) is 46.4 Å². The lowest BCUT2D eigenvalue weighted by Crippen LogP contribution is -2.47. The van der Waals surface area contributed by atoms with Crippen LogP contribution in [0, 0.1) is 6.92 Å². The third kappa shape index (κ3) is 3.28.